The van der Waals surface area contributed by atoms with Gasteiger partial charge in [-0.2, -0.15) is 0 Å². The van der Waals surface area contributed by atoms with E-state index in [1.807, 2.05) is 54.6 Å². The number of piperidine rings is 1. The van der Waals surface area contributed by atoms with Crippen LogP contribution in [-0.4, -0.2) is 42.9 Å². The van der Waals surface area contributed by atoms with Crippen LogP contribution in [0, 0.1) is 5.92 Å². The fourth-order valence-electron chi connectivity index (χ4n) is 3.80. The van der Waals surface area contributed by atoms with E-state index in [4.69, 9.17) is 9.47 Å². The van der Waals surface area contributed by atoms with Crippen LogP contribution in [0.25, 0.3) is 0 Å². The fourth-order valence-corrected chi connectivity index (χ4v) is 3.80. The summed E-state index contributed by atoms with van der Waals surface area (Å²) in [5.74, 6) is 0.447. The molecule has 0 bridgehead atoms. The van der Waals surface area contributed by atoms with E-state index in [0.717, 1.165) is 42.3 Å². The molecule has 7 heteroatoms. The predicted octanol–water partition coefficient (Wildman–Crippen LogP) is 3.77. The number of hydrogen-bond acceptors (Lipinski definition) is 5. The number of rotatable bonds is 11. The molecule has 0 aliphatic carbocycles. The van der Waals surface area contributed by atoms with Crippen molar-refractivity contribution in [2.24, 2.45) is 5.92 Å². The van der Waals surface area contributed by atoms with Crippen molar-refractivity contribution in [3.63, 3.8) is 0 Å². The molecule has 32 heavy (non-hydrogen) atoms. The van der Waals surface area contributed by atoms with Crippen LogP contribution in [0.5, 0.6) is 5.75 Å². The number of nitrogens with one attached hydrogen (secondary N) is 2. The number of amides is 1. The molecule has 0 saturated carbocycles. The molecule has 1 heterocycles. The molecule has 1 atom stereocenters. The van der Waals surface area contributed by atoms with Crippen molar-refractivity contribution in [1.82, 2.24) is 10.6 Å². The van der Waals surface area contributed by atoms with Crippen molar-refractivity contribution in [2.45, 2.75) is 44.8 Å². The average Bonchev–Trinajstić information content (AvgIpc) is 2.82. The highest BCUT2D eigenvalue weighted by Crippen LogP contribution is 2.19. The number of carboxylic acid groups (broad SMARTS) is 1. The van der Waals surface area contributed by atoms with Gasteiger partial charge in [0.2, 0.25) is 0 Å². The van der Waals surface area contributed by atoms with Gasteiger partial charge < -0.3 is 25.2 Å². The van der Waals surface area contributed by atoms with Crippen LogP contribution in [0.4, 0.5) is 4.79 Å². The van der Waals surface area contributed by atoms with Crippen LogP contribution >= 0.6 is 0 Å². The maximum Gasteiger partial charge on any atom is 0.408 e. The molecule has 1 amide bonds. The molecule has 172 valence electrons. The normalized spacial score (nSPS) is 15.0. The van der Waals surface area contributed by atoms with E-state index in [2.05, 4.69) is 10.6 Å². The first-order chi connectivity index (χ1) is 15.6. The molecule has 3 rings (SSSR count). The SMILES string of the molecule is O=C(N[C@@H](Cc1ccc(OCCCC2CCNCC2)cc1)C(=O)O)OCc1ccccc1. The second-order valence-corrected chi connectivity index (χ2v) is 8.13. The summed E-state index contributed by atoms with van der Waals surface area (Å²) in [7, 11) is 0. The number of hydrogen-bond donors (Lipinski definition) is 3. The van der Waals surface area contributed by atoms with E-state index in [-0.39, 0.29) is 13.0 Å². The topological polar surface area (TPSA) is 96.9 Å². The minimum Gasteiger partial charge on any atom is -0.494 e. The van der Waals surface area contributed by atoms with Crippen LogP contribution < -0.4 is 15.4 Å². The summed E-state index contributed by atoms with van der Waals surface area (Å²) in [5.41, 5.74) is 1.63. The number of carbonyl (C=O) groups excluding carboxylic acids is 1. The molecule has 1 aliphatic rings. The monoisotopic (exact) mass is 440 g/mol. The van der Waals surface area contributed by atoms with Gasteiger partial charge >= 0.3 is 12.1 Å². The smallest absolute Gasteiger partial charge is 0.408 e. The lowest BCUT2D eigenvalue weighted by Gasteiger charge is -2.22. The van der Waals surface area contributed by atoms with Gasteiger partial charge in [0.1, 0.15) is 18.4 Å². The Balaban J connectivity index is 1.40. The van der Waals surface area contributed by atoms with Gasteiger partial charge in [-0.05, 0) is 68.0 Å². The number of ether oxygens (including phenoxy) is 2. The van der Waals surface area contributed by atoms with Gasteiger partial charge in [0, 0.05) is 6.42 Å². The standard InChI is InChI=1S/C25H32N2O5/c28-24(29)23(27-25(30)32-18-21-5-2-1-3-6-21)17-20-8-10-22(11-9-20)31-16-4-7-19-12-14-26-15-13-19/h1-3,5-6,8-11,19,23,26H,4,7,12-18H2,(H,27,30)(H,28,29)/t23-/m0/s1. The van der Waals surface area contributed by atoms with Crippen molar-refractivity contribution in [2.75, 3.05) is 19.7 Å². The minimum absolute atomic E-state index is 0.0860. The lowest BCUT2D eigenvalue weighted by atomic mass is 9.93. The Hall–Kier alpha value is -3.06. The van der Waals surface area contributed by atoms with Crippen LogP contribution in [-0.2, 0) is 22.6 Å². The average molecular weight is 441 g/mol. The van der Waals surface area contributed by atoms with Crippen molar-refractivity contribution >= 4 is 12.1 Å². The van der Waals surface area contributed by atoms with E-state index < -0.39 is 18.1 Å². The van der Waals surface area contributed by atoms with Gasteiger partial charge in [-0.25, -0.2) is 9.59 Å². The summed E-state index contributed by atoms with van der Waals surface area (Å²) >= 11 is 0. The molecule has 1 fully saturated rings. The van der Waals surface area contributed by atoms with Crippen molar-refractivity contribution in [3.8, 4) is 5.75 Å². The van der Waals surface area contributed by atoms with E-state index in [9.17, 15) is 14.7 Å². The van der Waals surface area contributed by atoms with E-state index in [0.29, 0.717) is 6.61 Å². The summed E-state index contributed by atoms with van der Waals surface area (Å²) in [6, 6.07) is 15.5. The Morgan fingerprint density at radius 1 is 1.03 bits per heavy atom. The molecule has 1 saturated heterocycles. The fraction of sp³-hybridized carbons (Fsp3) is 0.440. The Morgan fingerprint density at radius 3 is 2.44 bits per heavy atom. The molecular weight excluding hydrogens is 408 g/mol. The van der Waals surface area contributed by atoms with Gasteiger partial charge in [0.25, 0.3) is 0 Å². The molecule has 3 N–H and O–H groups in total. The van der Waals surface area contributed by atoms with Crippen LogP contribution in [0.15, 0.2) is 54.6 Å². The highest BCUT2D eigenvalue weighted by Gasteiger charge is 2.21. The highest BCUT2D eigenvalue weighted by atomic mass is 16.5. The maximum absolute atomic E-state index is 12.0. The Labute approximate surface area is 189 Å². The lowest BCUT2D eigenvalue weighted by Crippen LogP contribution is -2.42. The summed E-state index contributed by atoms with van der Waals surface area (Å²) < 4.78 is 10.9. The largest absolute Gasteiger partial charge is 0.494 e. The first-order valence-electron chi connectivity index (χ1n) is 11.2. The number of benzene rings is 2. The number of carboxylic acids is 1. The number of alkyl carbamates (subject to hydrolysis) is 1. The van der Waals surface area contributed by atoms with Crippen LogP contribution in [0.3, 0.4) is 0 Å². The Morgan fingerprint density at radius 2 is 1.75 bits per heavy atom. The second kappa shape index (κ2) is 12.7. The molecule has 2 aromatic carbocycles. The molecule has 0 unspecified atom stereocenters. The Kier molecular flexibility index (Phi) is 9.37. The van der Waals surface area contributed by atoms with Gasteiger partial charge in [0.05, 0.1) is 6.61 Å². The summed E-state index contributed by atoms with van der Waals surface area (Å²) in [6.07, 6.45) is 4.11. The van der Waals surface area contributed by atoms with Crippen molar-refractivity contribution in [1.29, 1.82) is 0 Å². The number of aliphatic carboxylic acids is 1. The minimum atomic E-state index is -1.11. The lowest BCUT2D eigenvalue weighted by molar-refractivity contribution is -0.139. The zero-order chi connectivity index (χ0) is 22.6. The van der Waals surface area contributed by atoms with Gasteiger partial charge in [-0.1, -0.05) is 42.5 Å². The van der Waals surface area contributed by atoms with Crippen molar-refractivity contribution < 1.29 is 24.2 Å². The number of carbonyl (C=O) groups is 2. The molecule has 1 aliphatic heterocycles. The Bertz CT molecular complexity index is 835. The molecule has 0 radical (unpaired) electrons. The van der Waals surface area contributed by atoms with E-state index in [1.165, 1.54) is 19.3 Å². The molecular formula is C25H32N2O5. The van der Waals surface area contributed by atoms with Gasteiger partial charge in [-0.3, -0.25) is 0 Å². The van der Waals surface area contributed by atoms with Crippen LogP contribution in [0.2, 0.25) is 0 Å². The van der Waals surface area contributed by atoms with Crippen molar-refractivity contribution in [3.05, 3.63) is 65.7 Å². The first-order valence-corrected chi connectivity index (χ1v) is 11.2. The molecule has 0 spiro atoms. The summed E-state index contributed by atoms with van der Waals surface area (Å²) in [5, 5.41) is 15.3. The second-order valence-electron chi connectivity index (χ2n) is 8.13. The predicted molar refractivity (Wildman–Crippen MR) is 122 cm³/mol. The third-order valence-electron chi connectivity index (χ3n) is 5.65. The highest BCUT2D eigenvalue weighted by molar-refractivity contribution is 5.80. The third kappa shape index (κ3) is 8.23. The van der Waals surface area contributed by atoms with Gasteiger partial charge in [0.15, 0.2) is 0 Å². The van der Waals surface area contributed by atoms with Crippen LogP contribution in [0.1, 0.15) is 36.8 Å². The third-order valence-corrected chi connectivity index (χ3v) is 5.65. The summed E-state index contributed by atoms with van der Waals surface area (Å²) in [4.78, 5) is 23.6. The molecule has 0 aromatic heterocycles. The molecule has 7 nitrogen and oxygen atoms in total. The van der Waals surface area contributed by atoms with Gasteiger partial charge in [-0.15, -0.1) is 0 Å². The molecule has 2 aromatic rings. The van der Waals surface area contributed by atoms with E-state index >= 15 is 0 Å². The zero-order valence-electron chi connectivity index (χ0n) is 18.3. The van der Waals surface area contributed by atoms with E-state index in [1.54, 1.807) is 0 Å². The summed E-state index contributed by atoms with van der Waals surface area (Å²) in [6.45, 7) is 2.99. The first kappa shape index (κ1) is 23.6. The maximum atomic E-state index is 12.0. The zero-order valence-corrected chi connectivity index (χ0v) is 18.3. The quantitative estimate of drug-likeness (QED) is 0.460.